The fourth-order valence-corrected chi connectivity index (χ4v) is 2.65. The zero-order chi connectivity index (χ0) is 12.7. The Labute approximate surface area is 109 Å². The number of hydrazone groups is 1. The van der Waals surface area contributed by atoms with Gasteiger partial charge in [-0.1, -0.05) is 11.6 Å². The van der Waals surface area contributed by atoms with Gasteiger partial charge in [-0.2, -0.15) is 5.10 Å². The normalized spacial score (nSPS) is 26.1. The van der Waals surface area contributed by atoms with Gasteiger partial charge in [-0.3, -0.25) is 4.79 Å². The lowest BCUT2D eigenvalue weighted by Gasteiger charge is -2.30. The van der Waals surface area contributed by atoms with Crippen molar-refractivity contribution in [3.05, 3.63) is 28.8 Å². The van der Waals surface area contributed by atoms with Crippen molar-refractivity contribution in [2.45, 2.75) is 25.0 Å². The van der Waals surface area contributed by atoms with Crippen LogP contribution in [0.15, 0.2) is 23.3 Å². The van der Waals surface area contributed by atoms with Gasteiger partial charge in [-0.05, 0) is 23.8 Å². The predicted molar refractivity (Wildman–Crippen MR) is 68.7 cm³/mol. The van der Waals surface area contributed by atoms with Crippen LogP contribution in [0.1, 0.15) is 12.0 Å². The summed E-state index contributed by atoms with van der Waals surface area (Å²) in [6.07, 6.45) is 1.89. The molecule has 18 heavy (non-hydrogen) atoms. The molecule has 2 N–H and O–H groups in total. The molecule has 2 aliphatic rings. The topological polar surface area (TPSA) is 64.9 Å². The monoisotopic (exact) mass is 265 g/mol. The van der Waals surface area contributed by atoms with E-state index in [0.717, 1.165) is 11.3 Å². The van der Waals surface area contributed by atoms with Crippen LogP contribution in [-0.2, 0) is 11.2 Å². The van der Waals surface area contributed by atoms with Gasteiger partial charge in [-0.25, -0.2) is 5.43 Å². The molecule has 1 aromatic carbocycles. The van der Waals surface area contributed by atoms with Gasteiger partial charge in [0.25, 0.3) is 5.91 Å². The van der Waals surface area contributed by atoms with Gasteiger partial charge in [0.15, 0.2) is 0 Å². The van der Waals surface area contributed by atoms with E-state index < -0.39 is 12.1 Å². The van der Waals surface area contributed by atoms with Crippen LogP contribution in [0.4, 0.5) is 5.69 Å². The maximum Gasteiger partial charge on any atom is 0.263 e. The van der Waals surface area contributed by atoms with Crippen molar-refractivity contribution in [1.82, 2.24) is 5.43 Å². The zero-order valence-electron chi connectivity index (χ0n) is 9.51. The van der Waals surface area contributed by atoms with Gasteiger partial charge in [0.2, 0.25) is 0 Å². The van der Waals surface area contributed by atoms with E-state index in [1.54, 1.807) is 17.3 Å². The Morgan fingerprint density at radius 3 is 3.17 bits per heavy atom. The number of aliphatic hydroxyl groups is 1. The summed E-state index contributed by atoms with van der Waals surface area (Å²) in [6, 6.07) is 5.03. The number of fused-ring (bicyclic) bond motifs is 3. The largest absolute Gasteiger partial charge is 0.393 e. The number of rotatable bonds is 0. The smallest absolute Gasteiger partial charge is 0.263 e. The van der Waals surface area contributed by atoms with Crippen LogP contribution < -0.4 is 10.3 Å². The highest BCUT2D eigenvalue weighted by atomic mass is 35.5. The highest BCUT2D eigenvalue weighted by Crippen LogP contribution is 2.31. The second kappa shape index (κ2) is 4.26. The lowest BCUT2D eigenvalue weighted by Crippen LogP contribution is -2.50. The summed E-state index contributed by atoms with van der Waals surface area (Å²) in [5.74, 6) is -0.195. The number of carbonyl (C=O) groups excluding carboxylic acids is 1. The number of anilines is 1. The van der Waals surface area contributed by atoms with Crippen LogP contribution in [0.5, 0.6) is 0 Å². The molecule has 0 spiro atoms. The number of benzene rings is 1. The number of carbonyl (C=O) groups is 1. The van der Waals surface area contributed by atoms with Crippen molar-refractivity contribution in [2.24, 2.45) is 5.10 Å². The van der Waals surface area contributed by atoms with Crippen molar-refractivity contribution in [3.63, 3.8) is 0 Å². The van der Waals surface area contributed by atoms with E-state index in [1.807, 2.05) is 12.1 Å². The summed E-state index contributed by atoms with van der Waals surface area (Å²) in [5, 5.41) is 14.4. The minimum atomic E-state index is -0.561. The second-order valence-corrected chi connectivity index (χ2v) is 4.95. The van der Waals surface area contributed by atoms with Gasteiger partial charge in [0.05, 0.1) is 6.10 Å². The minimum Gasteiger partial charge on any atom is -0.393 e. The molecular formula is C12H12ClN3O2. The Balaban J connectivity index is 2.12. The maximum absolute atomic E-state index is 11.8. The number of nitrogens with one attached hydrogen (secondary N) is 1. The first kappa shape index (κ1) is 11.5. The Morgan fingerprint density at radius 2 is 2.33 bits per heavy atom. The molecule has 0 saturated heterocycles. The van der Waals surface area contributed by atoms with Gasteiger partial charge in [0, 0.05) is 23.6 Å². The summed E-state index contributed by atoms with van der Waals surface area (Å²) >= 11 is 5.97. The number of amides is 1. The van der Waals surface area contributed by atoms with E-state index in [2.05, 4.69) is 10.5 Å². The van der Waals surface area contributed by atoms with Crippen molar-refractivity contribution in [3.8, 4) is 0 Å². The molecule has 2 atom stereocenters. The summed E-state index contributed by atoms with van der Waals surface area (Å²) in [4.78, 5) is 13.6. The average molecular weight is 266 g/mol. The molecule has 0 bridgehead atoms. The standard InChI is InChI=1S/C12H12ClN3O2/c13-8-1-2-10-7(3-8)4-9(17)5-11-12(18)15-14-6-16(10)11/h1-3,6,9,11,17H,4-5H2,(H,15,18)/t9-,11+/m0/s1. The summed E-state index contributed by atoms with van der Waals surface area (Å²) < 4.78 is 0. The first-order valence-corrected chi connectivity index (χ1v) is 6.11. The molecule has 0 radical (unpaired) electrons. The van der Waals surface area contributed by atoms with Crippen LogP contribution >= 0.6 is 11.6 Å². The Bertz CT molecular complexity index is 532. The highest BCUT2D eigenvalue weighted by Gasteiger charge is 2.34. The van der Waals surface area contributed by atoms with Crippen molar-refractivity contribution < 1.29 is 9.90 Å². The molecule has 0 unspecified atom stereocenters. The zero-order valence-corrected chi connectivity index (χ0v) is 10.3. The van der Waals surface area contributed by atoms with Gasteiger partial charge in [0.1, 0.15) is 12.4 Å². The molecule has 5 nitrogen and oxygen atoms in total. The lowest BCUT2D eigenvalue weighted by molar-refractivity contribution is -0.123. The molecule has 0 aliphatic carbocycles. The van der Waals surface area contributed by atoms with E-state index in [1.165, 1.54) is 0 Å². The summed E-state index contributed by atoms with van der Waals surface area (Å²) in [7, 11) is 0. The SMILES string of the molecule is O=C1NN=CN2c3ccc(Cl)cc3C[C@H](O)C[C@H]12. The van der Waals surface area contributed by atoms with E-state index in [0.29, 0.717) is 17.9 Å². The second-order valence-electron chi connectivity index (χ2n) is 4.51. The van der Waals surface area contributed by atoms with Crippen LogP contribution in [0.25, 0.3) is 0 Å². The molecule has 2 aliphatic heterocycles. The fourth-order valence-electron chi connectivity index (χ4n) is 2.45. The summed E-state index contributed by atoms with van der Waals surface area (Å²) in [5.41, 5.74) is 4.23. The quantitative estimate of drug-likeness (QED) is 0.732. The fraction of sp³-hybridized carbons (Fsp3) is 0.333. The number of hydrogen-bond acceptors (Lipinski definition) is 4. The van der Waals surface area contributed by atoms with Crippen molar-refractivity contribution >= 4 is 29.5 Å². The third kappa shape index (κ3) is 1.85. The Hall–Kier alpha value is -1.59. The molecule has 0 fully saturated rings. The van der Waals surface area contributed by atoms with E-state index >= 15 is 0 Å². The third-order valence-electron chi connectivity index (χ3n) is 3.27. The first-order chi connectivity index (χ1) is 8.65. The molecule has 1 amide bonds. The van der Waals surface area contributed by atoms with Crippen molar-refractivity contribution in [1.29, 1.82) is 0 Å². The molecular weight excluding hydrogens is 254 g/mol. The third-order valence-corrected chi connectivity index (χ3v) is 3.50. The average Bonchev–Trinajstić information content (AvgIpc) is 2.45. The number of nitrogens with zero attached hydrogens (tertiary/aromatic N) is 2. The molecule has 1 aromatic rings. The maximum atomic E-state index is 11.8. The molecule has 94 valence electrons. The first-order valence-electron chi connectivity index (χ1n) is 5.73. The Morgan fingerprint density at radius 1 is 1.50 bits per heavy atom. The van der Waals surface area contributed by atoms with Gasteiger partial charge in [-0.15, -0.1) is 0 Å². The van der Waals surface area contributed by atoms with Crippen LogP contribution in [0, 0.1) is 0 Å². The van der Waals surface area contributed by atoms with Crippen LogP contribution in [0.2, 0.25) is 5.02 Å². The molecule has 2 heterocycles. The van der Waals surface area contributed by atoms with E-state index in [4.69, 9.17) is 11.6 Å². The van der Waals surface area contributed by atoms with Crippen molar-refractivity contribution in [2.75, 3.05) is 4.90 Å². The lowest BCUT2D eigenvalue weighted by atomic mass is 10.0. The molecule has 6 heteroatoms. The highest BCUT2D eigenvalue weighted by molar-refractivity contribution is 6.30. The van der Waals surface area contributed by atoms with Gasteiger partial charge < -0.3 is 10.0 Å². The van der Waals surface area contributed by atoms with Crippen LogP contribution in [-0.4, -0.2) is 29.5 Å². The molecule has 0 saturated carbocycles. The van der Waals surface area contributed by atoms with Crippen LogP contribution in [0.3, 0.4) is 0 Å². The number of halogens is 1. The van der Waals surface area contributed by atoms with Gasteiger partial charge >= 0.3 is 0 Å². The Kier molecular flexibility index (Phi) is 2.72. The van der Waals surface area contributed by atoms with E-state index in [-0.39, 0.29) is 5.91 Å². The predicted octanol–water partition coefficient (Wildman–Crippen LogP) is 0.895. The molecule has 3 rings (SSSR count). The summed E-state index contributed by atoms with van der Waals surface area (Å²) in [6.45, 7) is 0. The number of aliphatic hydroxyl groups excluding tert-OH is 1. The van der Waals surface area contributed by atoms with E-state index in [9.17, 15) is 9.90 Å². The number of hydrogen-bond donors (Lipinski definition) is 2. The molecule has 0 aromatic heterocycles. The minimum absolute atomic E-state index is 0.195.